The Morgan fingerprint density at radius 1 is 1.33 bits per heavy atom. The maximum atomic E-state index is 4.35. The van der Waals surface area contributed by atoms with E-state index in [4.69, 9.17) is 0 Å². The van der Waals surface area contributed by atoms with Crippen LogP contribution in [0.1, 0.15) is 13.8 Å². The molecule has 5 heteroatoms. The minimum Gasteiger partial charge on any atom is -0.358 e. The maximum Gasteiger partial charge on any atom is 0.203 e. The van der Waals surface area contributed by atoms with Gasteiger partial charge in [0.1, 0.15) is 5.69 Å². The van der Waals surface area contributed by atoms with E-state index in [0.29, 0.717) is 11.9 Å². The zero-order valence-corrected chi connectivity index (χ0v) is 9.45. The van der Waals surface area contributed by atoms with Crippen molar-refractivity contribution in [1.82, 2.24) is 14.3 Å². The lowest BCUT2D eigenvalue weighted by Gasteiger charge is -2.03. The quantitative estimate of drug-likeness (QED) is 0.863. The average Bonchev–Trinajstić information content (AvgIpc) is 2.67. The SMILES string of the molecule is CC(C)Nc1nc(-c2ccccn2)ns1. The summed E-state index contributed by atoms with van der Waals surface area (Å²) in [4.78, 5) is 8.55. The molecule has 0 radical (unpaired) electrons. The summed E-state index contributed by atoms with van der Waals surface area (Å²) in [5.41, 5.74) is 0.811. The van der Waals surface area contributed by atoms with Gasteiger partial charge in [0, 0.05) is 23.8 Å². The highest BCUT2D eigenvalue weighted by Crippen LogP contribution is 2.19. The highest BCUT2D eigenvalue weighted by Gasteiger charge is 2.07. The van der Waals surface area contributed by atoms with E-state index in [1.165, 1.54) is 11.5 Å². The summed E-state index contributed by atoms with van der Waals surface area (Å²) < 4.78 is 4.25. The number of pyridine rings is 1. The van der Waals surface area contributed by atoms with Crippen LogP contribution in [0.15, 0.2) is 24.4 Å². The number of nitrogens with one attached hydrogen (secondary N) is 1. The van der Waals surface area contributed by atoms with Gasteiger partial charge in [-0.3, -0.25) is 4.98 Å². The van der Waals surface area contributed by atoms with Gasteiger partial charge in [0.05, 0.1) is 0 Å². The smallest absolute Gasteiger partial charge is 0.203 e. The maximum absolute atomic E-state index is 4.35. The van der Waals surface area contributed by atoms with Gasteiger partial charge in [0.15, 0.2) is 5.82 Å². The van der Waals surface area contributed by atoms with Crippen molar-refractivity contribution in [3.8, 4) is 11.5 Å². The molecule has 2 rings (SSSR count). The van der Waals surface area contributed by atoms with E-state index in [2.05, 4.69) is 33.5 Å². The lowest BCUT2D eigenvalue weighted by atomic mass is 10.3. The molecule has 0 spiro atoms. The van der Waals surface area contributed by atoms with Crippen LogP contribution in [-0.4, -0.2) is 20.4 Å². The minimum absolute atomic E-state index is 0.370. The number of anilines is 1. The second-order valence-corrected chi connectivity index (χ2v) is 4.19. The van der Waals surface area contributed by atoms with E-state index < -0.39 is 0 Å². The average molecular weight is 220 g/mol. The Balaban J connectivity index is 2.21. The molecule has 0 saturated heterocycles. The molecule has 15 heavy (non-hydrogen) atoms. The first kappa shape index (κ1) is 10.0. The van der Waals surface area contributed by atoms with Crippen molar-refractivity contribution in [1.29, 1.82) is 0 Å². The van der Waals surface area contributed by atoms with E-state index in [-0.39, 0.29) is 0 Å². The summed E-state index contributed by atoms with van der Waals surface area (Å²) in [7, 11) is 0. The second-order valence-electron chi connectivity index (χ2n) is 3.44. The number of hydrogen-bond acceptors (Lipinski definition) is 5. The summed E-state index contributed by atoms with van der Waals surface area (Å²) in [6.07, 6.45) is 1.74. The second kappa shape index (κ2) is 4.35. The van der Waals surface area contributed by atoms with Crippen LogP contribution >= 0.6 is 11.5 Å². The molecule has 1 N–H and O–H groups in total. The first-order valence-electron chi connectivity index (χ1n) is 4.77. The van der Waals surface area contributed by atoms with Gasteiger partial charge in [-0.05, 0) is 26.0 Å². The van der Waals surface area contributed by atoms with Crippen LogP contribution in [0.3, 0.4) is 0 Å². The van der Waals surface area contributed by atoms with Crippen molar-refractivity contribution in [2.24, 2.45) is 0 Å². The third-order valence-electron chi connectivity index (χ3n) is 1.73. The van der Waals surface area contributed by atoms with Crippen LogP contribution in [0.2, 0.25) is 0 Å². The number of hydrogen-bond donors (Lipinski definition) is 1. The monoisotopic (exact) mass is 220 g/mol. The summed E-state index contributed by atoms with van der Waals surface area (Å²) >= 11 is 1.36. The standard InChI is InChI=1S/C10H12N4S/c1-7(2)12-10-13-9(14-15-10)8-5-3-4-6-11-8/h3-7H,1-2H3,(H,12,13,14). The van der Waals surface area contributed by atoms with E-state index in [1.807, 2.05) is 18.2 Å². The van der Waals surface area contributed by atoms with E-state index in [1.54, 1.807) is 6.20 Å². The third-order valence-corrected chi connectivity index (χ3v) is 2.38. The Morgan fingerprint density at radius 2 is 2.20 bits per heavy atom. The zero-order chi connectivity index (χ0) is 10.7. The zero-order valence-electron chi connectivity index (χ0n) is 8.64. The fourth-order valence-electron chi connectivity index (χ4n) is 1.13. The molecule has 0 atom stereocenters. The molecular weight excluding hydrogens is 208 g/mol. The molecule has 0 amide bonds. The van der Waals surface area contributed by atoms with Crippen molar-refractivity contribution >= 4 is 16.7 Å². The van der Waals surface area contributed by atoms with Crippen LogP contribution in [0.25, 0.3) is 11.5 Å². The van der Waals surface area contributed by atoms with E-state index in [0.717, 1.165) is 10.8 Å². The lowest BCUT2D eigenvalue weighted by Crippen LogP contribution is -2.08. The first-order chi connectivity index (χ1) is 7.25. The predicted octanol–water partition coefficient (Wildman–Crippen LogP) is 2.42. The van der Waals surface area contributed by atoms with Gasteiger partial charge in [0.25, 0.3) is 0 Å². The number of rotatable bonds is 3. The third kappa shape index (κ3) is 2.50. The minimum atomic E-state index is 0.370. The van der Waals surface area contributed by atoms with Gasteiger partial charge in [-0.1, -0.05) is 6.07 Å². The Morgan fingerprint density at radius 3 is 2.87 bits per heavy atom. The van der Waals surface area contributed by atoms with Crippen molar-refractivity contribution in [3.05, 3.63) is 24.4 Å². The first-order valence-corrected chi connectivity index (χ1v) is 5.54. The fourth-order valence-corrected chi connectivity index (χ4v) is 1.85. The molecule has 0 unspecified atom stereocenters. The Bertz CT molecular complexity index is 424. The predicted molar refractivity (Wildman–Crippen MR) is 61.9 cm³/mol. The van der Waals surface area contributed by atoms with Crippen molar-refractivity contribution < 1.29 is 0 Å². The van der Waals surface area contributed by atoms with Crippen molar-refractivity contribution in [3.63, 3.8) is 0 Å². The van der Waals surface area contributed by atoms with Crippen molar-refractivity contribution in [2.75, 3.05) is 5.32 Å². The molecule has 0 aliphatic carbocycles. The topological polar surface area (TPSA) is 50.7 Å². The van der Waals surface area contributed by atoms with Gasteiger partial charge in [-0.2, -0.15) is 9.36 Å². The molecule has 0 bridgehead atoms. The van der Waals surface area contributed by atoms with Gasteiger partial charge in [0.2, 0.25) is 5.13 Å². The Kier molecular flexibility index (Phi) is 2.91. The van der Waals surface area contributed by atoms with Crippen molar-refractivity contribution in [2.45, 2.75) is 19.9 Å². The van der Waals surface area contributed by atoms with Gasteiger partial charge >= 0.3 is 0 Å². The summed E-state index contributed by atoms with van der Waals surface area (Å²) in [5, 5.41) is 4.05. The highest BCUT2D eigenvalue weighted by atomic mass is 32.1. The van der Waals surface area contributed by atoms with Crippen LogP contribution < -0.4 is 5.32 Å². The van der Waals surface area contributed by atoms with Gasteiger partial charge in [-0.25, -0.2) is 0 Å². The Labute approximate surface area is 92.6 Å². The van der Waals surface area contributed by atoms with Crippen LogP contribution in [-0.2, 0) is 0 Å². The summed E-state index contributed by atoms with van der Waals surface area (Å²) in [6.45, 7) is 4.14. The van der Waals surface area contributed by atoms with Crippen LogP contribution in [0.5, 0.6) is 0 Å². The molecular formula is C10H12N4S. The molecule has 0 aromatic carbocycles. The van der Waals surface area contributed by atoms with E-state index in [9.17, 15) is 0 Å². The molecule has 2 aromatic heterocycles. The normalized spacial score (nSPS) is 10.6. The van der Waals surface area contributed by atoms with E-state index >= 15 is 0 Å². The van der Waals surface area contributed by atoms with Gasteiger partial charge in [-0.15, -0.1) is 0 Å². The molecule has 78 valence electrons. The van der Waals surface area contributed by atoms with Crippen LogP contribution in [0.4, 0.5) is 5.13 Å². The highest BCUT2D eigenvalue weighted by molar-refractivity contribution is 7.09. The van der Waals surface area contributed by atoms with Crippen LogP contribution in [0, 0.1) is 0 Å². The fraction of sp³-hybridized carbons (Fsp3) is 0.300. The molecule has 0 fully saturated rings. The molecule has 0 saturated carbocycles. The molecule has 2 aromatic rings. The lowest BCUT2D eigenvalue weighted by molar-refractivity contribution is 0.896. The summed E-state index contributed by atoms with van der Waals surface area (Å²) in [6, 6.07) is 6.08. The molecule has 0 aliphatic heterocycles. The Hall–Kier alpha value is -1.49. The van der Waals surface area contributed by atoms with Gasteiger partial charge < -0.3 is 5.32 Å². The summed E-state index contributed by atoms with van der Waals surface area (Å²) in [5.74, 6) is 0.684. The molecule has 2 heterocycles. The number of aromatic nitrogens is 3. The molecule has 4 nitrogen and oxygen atoms in total. The molecule has 0 aliphatic rings. The number of nitrogens with zero attached hydrogens (tertiary/aromatic N) is 3. The largest absolute Gasteiger partial charge is 0.358 e.